The predicted molar refractivity (Wildman–Crippen MR) is 136 cm³/mol. The van der Waals surface area contributed by atoms with Gasteiger partial charge in [0.2, 0.25) is 0 Å². The second-order valence-electron chi connectivity index (χ2n) is 7.63. The number of sulfonamides is 1. The molecular weight excluding hydrogens is 466 g/mol. The third-order valence-corrected chi connectivity index (χ3v) is 8.27. The van der Waals surface area contributed by atoms with E-state index in [-0.39, 0.29) is 9.77 Å². The van der Waals surface area contributed by atoms with E-state index in [2.05, 4.69) is 5.32 Å². The number of thiophene rings is 1. The average Bonchev–Trinajstić information content (AvgIpc) is 3.31. The molecule has 0 fully saturated rings. The molecule has 0 spiro atoms. The fraction of sp³-hybridized carbons (Fsp3) is 0.0769. The molecule has 170 valence electrons. The van der Waals surface area contributed by atoms with Crippen LogP contribution in [0.15, 0.2) is 89.1 Å². The number of hydrogen-bond acceptors (Lipinski definition) is 5. The van der Waals surface area contributed by atoms with E-state index >= 15 is 0 Å². The van der Waals surface area contributed by atoms with Crippen LogP contribution in [0.1, 0.15) is 20.8 Å². The van der Waals surface area contributed by atoms with Gasteiger partial charge in [-0.3, -0.25) is 9.10 Å². The summed E-state index contributed by atoms with van der Waals surface area (Å²) < 4.78 is 29.0. The maximum atomic E-state index is 13.9. The fourth-order valence-corrected chi connectivity index (χ4v) is 6.34. The molecule has 4 aromatic rings. The zero-order valence-corrected chi connectivity index (χ0v) is 20.2. The summed E-state index contributed by atoms with van der Waals surface area (Å²) in [6, 6.07) is 24.7. The molecule has 1 N–H and O–H groups in total. The topological polar surface area (TPSA) is 90.3 Å². The van der Waals surface area contributed by atoms with Gasteiger partial charge < -0.3 is 5.32 Å². The second-order valence-corrected chi connectivity index (χ2v) is 10.4. The van der Waals surface area contributed by atoms with Crippen molar-refractivity contribution in [3.63, 3.8) is 0 Å². The highest BCUT2D eigenvalue weighted by Gasteiger charge is 2.32. The van der Waals surface area contributed by atoms with Crippen LogP contribution in [0.5, 0.6) is 0 Å². The van der Waals surface area contributed by atoms with E-state index in [1.807, 2.05) is 49.4 Å². The largest absolute Gasteiger partial charge is 0.321 e. The van der Waals surface area contributed by atoms with Crippen LogP contribution in [0.4, 0.5) is 11.4 Å². The molecule has 0 saturated heterocycles. The molecule has 0 aliphatic heterocycles. The lowest BCUT2D eigenvalue weighted by molar-refractivity contribution is 0.102. The number of nitrogens with zero attached hydrogens (tertiary/aromatic N) is 2. The second kappa shape index (κ2) is 9.51. The standard InChI is InChI=1S/C26H21N3O3S2/c1-18-7-6-10-22(15-18)29(2)34(31,32)25-23(20-8-4-3-5-9-20)17-33-24(25)26(30)28-21-13-11-19(16-27)12-14-21/h3-15,17H,1-2H3,(H,28,30). The molecule has 6 nitrogen and oxygen atoms in total. The first-order valence-corrected chi connectivity index (χ1v) is 12.7. The minimum absolute atomic E-state index is 0.0427. The molecule has 1 amide bonds. The number of benzene rings is 3. The van der Waals surface area contributed by atoms with Crippen LogP contribution in [0.2, 0.25) is 0 Å². The molecule has 34 heavy (non-hydrogen) atoms. The first kappa shape index (κ1) is 23.2. The van der Waals surface area contributed by atoms with Crippen molar-refractivity contribution in [3.05, 3.63) is 100 Å². The maximum Gasteiger partial charge on any atom is 0.267 e. The van der Waals surface area contributed by atoms with E-state index in [9.17, 15) is 13.2 Å². The Balaban J connectivity index is 1.81. The molecule has 8 heteroatoms. The molecule has 4 rings (SSSR count). The van der Waals surface area contributed by atoms with Crippen LogP contribution >= 0.6 is 11.3 Å². The molecule has 0 saturated carbocycles. The van der Waals surface area contributed by atoms with E-state index in [1.165, 1.54) is 11.4 Å². The molecular formula is C26H21N3O3S2. The summed E-state index contributed by atoms with van der Waals surface area (Å²) in [6.45, 7) is 1.89. The van der Waals surface area contributed by atoms with Crippen LogP contribution in [0.3, 0.4) is 0 Å². The quantitative estimate of drug-likeness (QED) is 0.379. The molecule has 1 heterocycles. The molecule has 0 aliphatic carbocycles. The van der Waals surface area contributed by atoms with Gasteiger partial charge in [-0.1, -0.05) is 42.5 Å². The normalized spacial score (nSPS) is 11.0. The highest BCUT2D eigenvalue weighted by molar-refractivity contribution is 7.93. The van der Waals surface area contributed by atoms with Crippen LogP contribution in [0, 0.1) is 18.3 Å². The summed E-state index contributed by atoms with van der Waals surface area (Å²) in [6.07, 6.45) is 0. The maximum absolute atomic E-state index is 13.9. The third-order valence-electron chi connectivity index (χ3n) is 5.29. The van der Waals surface area contributed by atoms with Gasteiger partial charge in [-0.05, 0) is 54.4 Å². The van der Waals surface area contributed by atoms with Crippen LogP contribution in [-0.4, -0.2) is 21.4 Å². The molecule has 0 aliphatic rings. The van der Waals surface area contributed by atoms with Crippen molar-refractivity contribution < 1.29 is 13.2 Å². The number of nitrogens with one attached hydrogen (secondary N) is 1. The Morgan fingerprint density at radius 1 is 1.00 bits per heavy atom. The highest BCUT2D eigenvalue weighted by Crippen LogP contribution is 2.38. The summed E-state index contributed by atoms with van der Waals surface area (Å²) in [5, 5.41) is 13.4. The minimum atomic E-state index is -4.08. The Hall–Kier alpha value is -3.93. The van der Waals surface area contributed by atoms with Crippen molar-refractivity contribution in [1.82, 2.24) is 0 Å². The molecule has 0 bridgehead atoms. The molecule has 0 radical (unpaired) electrons. The summed E-state index contributed by atoms with van der Waals surface area (Å²) in [5.74, 6) is -0.534. The monoisotopic (exact) mass is 487 g/mol. The van der Waals surface area contributed by atoms with Gasteiger partial charge in [-0.2, -0.15) is 5.26 Å². The Labute approximate surface area is 202 Å². The van der Waals surface area contributed by atoms with Gasteiger partial charge in [0.1, 0.15) is 9.77 Å². The summed E-state index contributed by atoms with van der Waals surface area (Å²) in [7, 11) is -2.60. The Morgan fingerprint density at radius 3 is 2.35 bits per heavy atom. The molecule has 0 atom stereocenters. The average molecular weight is 488 g/mol. The lowest BCUT2D eigenvalue weighted by Crippen LogP contribution is -2.28. The van der Waals surface area contributed by atoms with E-state index in [0.717, 1.165) is 16.9 Å². The Kier molecular flexibility index (Phi) is 6.50. The van der Waals surface area contributed by atoms with Crippen molar-refractivity contribution in [1.29, 1.82) is 5.26 Å². The van der Waals surface area contributed by atoms with Crippen LogP contribution < -0.4 is 9.62 Å². The van der Waals surface area contributed by atoms with Gasteiger partial charge in [-0.15, -0.1) is 11.3 Å². The number of amides is 1. The number of carbonyl (C=O) groups excluding carboxylic acids is 1. The predicted octanol–water partition coefficient (Wildman–Crippen LogP) is 5.67. The highest BCUT2D eigenvalue weighted by atomic mass is 32.2. The van der Waals surface area contributed by atoms with Crippen molar-refractivity contribution in [3.8, 4) is 17.2 Å². The molecule has 1 aromatic heterocycles. The summed E-state index contributed by atoms with van der Waals surface area (Å²) >= 11 is 1.08. The Bertz CT molecular complexity index is 1490. The van der Waals surface area contributed by atoms with E-state index < -0.39 is 15.9 Å². The van der Waals surface area contributed by atoms with Crippen molar-refractivity contribution in [2.45, 2.75) is 11.8 Å². The fourth-order valence-electron chi connectivity index (χ4n) is 3.49. The van der Waals surface area contributed by atoms with E-state index in [4.69, 9.17) is 5.26 Å². The SMILES string of the molecule is Cc1cccc(N(C)S(=O)(=O)c2c(-c3ccccc3)csc2C(=O)Nc2ccc(C#N)cc2)c1. The smallest absolute Gasteiger partial charge is 0.267 e. The number of carbonyl (C=O) groups is 1. The first-order chi connectivity index (χ1) is 16.3. The van der Waals surface area contributed by atoms with Gasteiger partial charge in [0.25, 0.3) is 15.9 Å². The number of anilines is 2. The molecule has 0 unspecified atom stereocenters. The van der Waals surface area contributed by atoms with Gasteiger partial charge >= 0.3 is 0 Å². The van der Waals surface area contributed by atoms with Gasteiger partial charge in [-0.25, -0.2) is 8.42 Å². The lowest BCUT2D eigenvalue weighted by Gasteiger charge is -2.21. The summed E-state index contributed by atoms with van der Waals surface area (Å²) in [4.78, 5) is 13.3. The zero-order chi connectivity index (χ0) is 24.3. The summed E-state index contributed by atoms with van der Waals surface area (Å²) in [5.41, 5.74) is 3.52. The van der Waals surface area contributed by atoms with E-state index in [0.29, 0.717) is 28.1 Å². The third kappa shape index (κ3) is 4.57. The van der Waals surface area contributed by atoms with Gasteiger partial charge in [0.15, 0.2) is 0 Å². The number of nitriles is 1. The zero-order valence-electron chi connectivity index (χ0n) is 18.5. The lowest BCUT2D eigenvalue weighted by atomic mass is 10.1. The van der Waals surface area contributed by atoms with Crippen molar-refractivity contribution in [2.75, 3.05) is 16.7 Å². The number of rotatable bonds is 6. The van der Waals surface area contributed by atoms with Crippen LogP contribution in [-0.2, 0) is 10.0 Å². The number of hydrogen-bond donors (Lipinski definition) is 1. The minimum Gasteiger partial charge on any atom is -0.321 e. The number of aryl methyl sites for hydroxylation is 1. The Morgan fingerprint density at radius 2 is 1.71 bits per heavy atom. The van der Waals surface area contributed by atoms with E-state index in [1.54, 1.807) is 47.8 Å². The van der Waals surface area contributed by atoms with Crippen molar-refractivity contribution >= 4 is 38.6 Å². The van der Waals surface area contributed by atoms with Crippen molar-refractivity contribution in [2.24, 2.45) is 0 Å². The van der Waals surface area contributed by atoms with Gasteiger partial charge in [0.05, 0.1) is 17.3 Å². The first-order valence-electron chi connectivity index (χ1n) is 10.4. The van der Waals surface area contributed by atoms with Gasteiger partial charge in [0, 0.05) is 23.7 Å². The molecule has 3 aromatic carbocycles. The van der Waals surface area contributed by atoms with Crippen LogP contribution in [0.25, 0.3) is 11.1 Å².